The van der Waals surface area contributed by atoms with Crippen molar-refractivity contribution in [2.45, 2.75) is 26.3 Å². The van der Waals surface area contributed by atoms with Crippen LogP contribution in [0.25, 0.3) is 0 Å². The Hall–Kier alpha value is -3.01. The molecule has 0 bridgehead atoms. The molecule has 0 fully saturated rings. The van der Waals surface area contributed by atoms with Crippen molar-refractivity contribution in [3.05, 3.63) is 50.0 Å². The summed E-state index contributed by atoms with van der Waals surface area (Å²) in [5.74, 6) is -1.31. The Bertz CT molecular complexity index is 836. The Balaban J connectivity index is 1.88. The summed E-state index contributed by atoms with van der Waals surface area (Å²) in [4.78, 5) is 37.9. The lowest BCUT2D eigenvalue weighted by Gasteiger charge is -2.12. The number of hydrogen-bond donors (Lipinski definition) is 3. The van der Waals surface area contributed by atoms with Gasteiger partial charge >= 0.3 is 5.97 Å². The van der Waals surface area contributed by atoms with Gasteiger partial charge in [-0.05, 0) is 19.9 Å². The molecule has 1 atom stereocenters. The van der Waals surface area contributed by atoms with Crippen molar-refractivity contribution in [3.63, 3.8) is 0 Å². The van der Waals surface area contributed by atoms with Gasteiger partial charge in [0.25, 0.3) is 5.69 Å². The first-order valence-electron chi connectivity index (χ1n) is 7.77. The van der Waals surface area contributed by atoms with Crippen LogP contribution < -0.4 is 10.6 Å². The molecule has 10 heteroatoms. The Labute approximate surface area is 153 Å². The van der Waals surface area contributed by atoms with Gasteiger partial charge in [0.15, 0.2) is 0 Å². The van der Waals surface area contributed by atoms with E-state index >= 15 is 0 Å². The summed E-state index contributed by atoms with van der Waals surface area (Å²) in [5.41, 5.74) is 0.706. The highest BCUT2D eigenvalue weighted by Crippen LogP contribution is 2.24. The van der Waals surface area contributed by atoms with Gasteiger partial charge in [0.05, 0.1) is 16.7 Å². The van der Waals surface area contributed by atoms with Crippen LogP contribution in [0.2, 0.25) is 0 Å². The zero-order chi connectivity index (χ0) is 19.3. The number of aromatic carboxylic acids is 1. The van der Waals surface area contributed by atoms with Gasteiger partial charge in [-0.15, -0.1) is 11.3 Å². The van der Waals surface area contributed by atoms with Crippen LogP contribution in [0.3, 0.4) is 0 Å². The van der Waals surface area contributed by atoms with Gasteiger partial charge in [0.1, 0.15) is 15.6 Å². The highest BCUT2D eigenvalue weighted by atomic mass is 32.1. The Morgan fingerprint density at radius 3 is 2.69 bits per heavy atom. The third kappa shape index (κ3) is 4.76. The fourth-order valence-electron chi connectivity index (χ4n) is 2.27. The third-order valence-electron chi connectivity index (χ3n) is 3.52. The van der Waals surface area contributed by atoms with E-state index in [0.717, 1.165) is 11.3 Å². The minimum Gasteiger partial charge on any atom is -0.477 e. The van der Waals surface area contributed by atoms with E-state index in [-0.39, 0.29) is 29.4 Å². The highest BCUT2D eigenvalue weighted by Gasteiger charge is 2.19. The van der Waals surface area contributed by atoms with Crippen LogP contribution in [-0.2, 0) is 4.79 Å². The van der Waals surface area contributed by atoms with E-state index in [9.17, 15) is 19.7 Å². The second kappa shape index (κ2) is 8.39. The summed E-state index contributed by atoms with van der Waals surface area (Å²) in [5, 5.41) is 26.1. The number of thiazole rings is 1. The van der Waals surface area contributed by atoms with Gasteiger partial charge in [-0.1, -0.05) is 12.1 Å². The second-order valence-corrected chi connectivity index (χ2v) is 6.54. The van der Waals surface area contributed by atoms with Gasteiger partial charge < -0.3 is 15.7 Å². The van der Waals surface area contributed by atoms with Gasteiger partial charge in [0.2, 0.25) is 5.91 Å². The summed E-state index contributed by atoms with van der Waals surface area (Å²) in [6, 6.07) is 5.77. The van der Waals surface area contributed by atoms with E-state index < -0.39 is 16.9 Å². The zero-order valence-electron chi connectivity index (χ0n) is 14.2. The van der Waals surface area contributed by atoms with Gasteiger partial charge in [-0.25, -0.2) is 9.78 Å². The molecule has 0 aliphatic heterocycles. The number of carbonyl (C=O) groups excluding carboxylic acids is 1. The van der Waals surface area contributed by atoms with E-state index in [4.69, 9.17) is 5.11 Å². The Kier molecular flexibility index (Phi) is 6.23. The molecule has 9 nitrogen and oxygen atoms in total. The lowest BCUT2D eigenvalue weighted by atomic mass is 10.2. The molecule has 138 valence electrons. The van der Waals surface area contributed by atoms with Crippen molar-refractivity contribution in [2.75, 3.05) is 11.9 Å². The van der Waals surface area contributed by atoms with Crippen molar-refractivity contribution in [1.29, 1.82) is 0 Å². The quantitative estimate of drug-likeness (QED) is 0.475. The molecule has 2 rings (SSSR count). The molecule has 0 spiro atoms. The van der Waals surface area contributed by atoms with Crippen LogP contribution in [0, 0.1) is 17.0 Å². The first-order chi connectivity index (χ1) is 12.3. The van der Waals surface area contributed by atoms with E-state index in [2.05, 4.69) is 15.6 Å². The number of aromatic nitrogens is 1. The number of anilines is 1. The van der Waals surface area contributed by atoms with E-state index in [1.54, 1.807) is 32.0 Å². The smallest absolute Gasteiger partial charge is 0.347 e. The Morgan fingerprint density at radius 1 is 1.38 bits per heavy atom. The van der Waals surface area contributed by atoms with Crippen LogP contribution >= 0.6 is 11.3 Å². The summed E-state index contributed by atoms with van der Waals surface area (Å²) in [6.07, 6.45) is 0.104. The molecule has 0 saturated heterocycles. The predicted molar refractivity (Wildman–Crippen MR) is 96.6 cm³/mol. The van der Waals surface area contributed by atoms with Crippen LogP contribution in [0.5, 0.6) is 0 Å². The number of benzene rings is 1. The van der Waals surface area contributed by atoms with Gasteiger partial charge in [0, 0.05) is 19.0 Å². The van der Waals surface area contributed by atoms with Crippen molar-refractivity contribution >= 4 is 34.6 Å². The maximum atomic E-state index is 12.0. The average Bonchev–Trinajstić information content (AvgIpc) is 2.97. The molecular formula is C16H18N4O5S. The lowest BCUT2D eigenvalue weighted by molar-refractivity contribution is -0.384. The molecule has 1 heterocycles. The largest absolute Gasteiger partial charge is 0.477 e. The molecule has 1 aromatic carbocycles. The number of nitrogens with one attached hydrogen (secondary N) is 2. The minimum absolute atomic E-state index is 0.0549. The molecular weight excluding hydrogens is 360 g/mol. The molecule has 0 aliphatic carbocycles. The van der Waals surface area contributed by atoms with Crippen LogP contribution in [0.4, 0.5) is 11.4 Å². The van der Waals surface area contributed by atoms with Crippen molar-refractivity contribution in [3.8, 4) is 0 Å². The highest BCUT2D eigenvalue weighted by molar-refractivity contribution is 7.13. The number of amides is 1. The fourth-order valence-corrected chi connectivity index (χ4v) is 3.18. The number of carboxylic acid groups (broad SMARTS) is 1. The first-order valence-corrected chi connectivity index (χ1v) is 8.58. The number of carboxylic acids is 1. The lowest BCUT2D eigenvalue weighted by Crippen LogP contribution is -2.28. The number of nitro benzene ring substituents is 1. The maximum Gasteiger partial charge on any atom is 0.347 e. The number of nitro groups is 1. The SMILES string of the molecule is Cc1nc(C(C)NC(=O)CCNc2ccccc2[N+](=O)[O-])sc1C(=O)O. The van der Waals surface area contributed by atoms with Crippen LogP contribution in [-0.4, -0.2) is 33.4 Å². The van der Waals surface area contributed by atoms with Crippen molar-refractivity contribution in [2.24, 2.45) is 0 Å². The number of nitrogens with zero attached hydrogens (tertiary/aromatic N) is 2. The van der Waals surface area contributed by atoms with Crippen LogP contribution in [0.15, 0.2) is 24.3 Å². The van der Waals surface area contributed by atoms with Crippen molar-refractivity contribution in [1.82, 2.24) is 10.3 Å². The monoisotopic (exact) mass is 378 g/mol. The first kappa shape index (κ1) is 19.3. The molecule has 2 aromatic rings. The second-order valence-electron chi connectivity index (χ2n) is 5.51. The average molecular weight is 378 g/mol. The van der Waals surface area contributed by atoms with E-state index in [1.807, 2.05) is 0 Å². The third-order valence-corrected chi connectivity index (χ3v) is 4.85. The molecule has 0 radical (unpaired) electrons. The normalized spacial score (nSPS) is 11.6. The molecule has 3 N–H and O–H groups in total. The predicted octanol–water partition coefficient (Wildman–Crippen LogP) is 2.74. The molecule has 1 amide bonds. The molecule has 1 aromatic heterocycles. The van der Waals surface area contributed by atoms with Crippen molar-refractivity contribution < 1.29 is 19.6 Å². The molecule has 1 unspecified atom stereocenters. The fraction of sp³-hybridized carbons (Fsp3) is 0.312. The van der Waals surface area contributed by atoms with Gasteiger partial charge in [-0.3, -0.25) is 14.9 Å². The topological polar surface area (TPSA) is 134 Å². The summed E-state index contributed by atoms with van der Waals surface area (Å²) in [7, 11) is 0. The van der Waals surface area contributed by atoms with E-state index in [0.29, 0.717) is 16.4 Å². The molecule has 0 saturated carbocycles. The summed E-state index contributed by atoms with van der Waals surface area (Å²) in [6.45, 7) is 3.55. The molecule has 0 aliphatic rings. The Morgan fingerprint density at radius 2 is 2.08 bits per heavy atom. The summed E-state index contributed by atoms with van der Waals surface area (Å²) < 4.78 is 0. The van der Waals surface area contributed by atoms with E-state index in [1.165, 1.54) is 6.07 Å². The zero-order valence-corrected chi connectivity index (χ0v) is 15.0. The standard InChI is InChI=1S/C16H18N4O5S/c1-9-14(16(22)23)26-15(19-9)10(2)18-13(21)7-8-17-11-5-3-4-6-12(11)20(24)25/h3-6,10,17H,7-8H2,1-2H3,(H,18,21)(H,22,23). The van der Waals surface area contributed by atoms with Gasteiger partial charge in [-0.2, -0.15) is 0 Å². The number of aryl methyl sites for hydroxylation is 1. The number of para-hydroxylation sites is 2. The number of rotatable bonds is 8. The number of carbonyl (C=O) groups is 2. The minimum atomic E-state index is -1.04. The molecule has 26 heavy (non-hydrogen) atoms. The maximum absolute atomic E-state index is 12.0. The summed E-state index contributed by atoms with van der Waals surface area (Å²) >= 11 is 1.03. The number of hydrogen-bond acceptors (Lipinski definition) is 7. The van der Waals surface area contributed by atoms with Crippen LogP contribution in [0.1, 0.15) is 39.8 Å².